The van der Waals surface area contributed by atoms with Crippen molar-refractivity contribution in [2.75, 3.05) is 23.9 Å². The largest absolute Gasteiger partial charge is 0.373 e. The highest BCUT2D eigenvalue weighted by Crippen LogP contribution is 2.31. The van der Waals surface area contributed by atoms with Crippen molar-refractivity contribution in [2.24, 2.45) is 5.84 Å². The molecule has 1 aliphatic heterocycles. The molecule has 4 N–H and O–H groups in total. The number of nitrogens with two attached hydrogens (primary N) is 1. The lowest BCUT2D eigenvalue weighted by Gasteiger charge is -2.23. The second-order valence-electron chi connectivity index (χ2n) is 5.58. The number of thiophene rings is 1. The van der Waals surface area contributed by atoms with Gasteiger partial charge in [0.25, 0.3) is 0 Å². The number of nitrogen functional groups attached to an aromatic ring is 1. The van der Waals surface area contributed by atoms with Crippen LogP contribution < -0.4 is 16.6 Å². The van der Waals surface area contributed by atoms with Crippen molar-refractivity contribution < 1.29 is 4.74 Å². The fourth-order valence-electron chi connectivity index (χ4n) is 2.59. The summed E-state index contributed by atoms with van der Waals surface area (Å²) in [5, 5.41) is 4.47. The van der Waals surface area contributed by atoms with Gasteiger partial charge in [0.2, 0.25) is 5.95 Å². The molecule has 0 spiro atoms. The first-order valence-electron chi connectivity index (χ1n) is 7.28. The third-order valence-electron chi connectivity index (χ3n) is 3.85. The van der Waals surface area contributed by atoms with E-state index < -0.39 is 0 Å². The van der Waals surface area contributed by atoms with Crippen LogP contribution in [0.2, 0.25) is 0 Å². The fraction of sp³-hybridized carbons (Fsp3) is 0.571. The van der Waals surface area contributed by atoms with Gasteiger partial charge in [-0.3, -0.25) is 5.43 Å². The molecule has 1 aliphatic rings. The summed E-state index contributed by atoms with van der Waals surface area (Å²) in [6.45, 7) is 5.85. The van der Waals surface area contributed by atoms with Crippen molar-refractivity contribution in [1.29, 1.82) is 0 Å². The third kappa shape index (κ3) is 2.95. The highest BCUT2D eigenvalue weighted by atomic mass is 32.1. The van der Waals surface area contributed by atoms with Crippen LogP contribution in [0.5, 0.6) is 0 Å². The summed E-state index contributed by atoms with van der Waals surface area (Å²) >= 11 is 1.68. The van der Waals surface area contributed by atoms with Crippen molar-refractivity contribution >= 4 is 33.3 Å². The monoisotopic (exact) mass is 307 g/mol. The molecule has 0 aliphatic carbocycles. The number of ether oxygens (including phenoxy) is 1. The SMILES string of the molecule is CCc1cc2c(NCC3(C)CCCO3)nc(NN)nc2s1. The van der Waals surface area contributed by atoms with Gasteiger partial charge in [0, 0.05) is 18.0 Å². The predicted molar refractivity (Wildman–Crippen MR) is 86.7 cm³/mol. The molecular weight excluding hydrogens is 286 g/mol. The molecule has 114 valence electrons. The van der Waals surface area contributed by atoms with Crippen molar-refractivity contribution in [3.8, 4) is 0 Å². The van der Waals surface area contributed by atoms with E-state index in [4.69, 9.17) is 10.6 Å². The highest BCUT2D eigenvalue weighted by molar-refractivity contribution is 7.18. The Balaban J connectivity index is 1.90. The van der Waals surface area contributed by atoms with Gasteiger partial charge in [-0.2, -0.15) is 4.98 Å². The van der Waals surface area contributed by atoms with E-state index in [-0.39, 0.29) is 5.60 Å². The Kier molecular flexibility index (Phi) is 3.97. The summed E-state index contributed by atoms with van der Waals surface area (Å²) < 4.78 is 5.81. The number of rotatable bonds is 5. The second-order valence-corrected chi connectivity index (χ2v) is 6.70. The first kappa shape index (κ1) is 14.5. The van der Waals surface area contributed by atoms with Crippen LogP contribution >= 0.6 is 11.3 Å². The Morgan fingerprint density at radius 1 is 1.48 bits per heavy atom. The average molecular weight is 307 g/mol. The summed E-state index contributed by atoms with van der Waals surface area (Å²) in [7, 11) is 0. The molecule has 0 radical (unpaired) electrons. The Bertz CT molecular complexity index is 636. The standard InChI is InChI=1S/C14H21N5OS/c1-3-9-7-10-11(16-8-14(2)5-4-6-20-14)17-13(19-15)18-12(10)21-9/h7H,3-6,8,15H2,1-2H3,(H2,16,17,18,19). The fourth-order valence-corrected chi connectivity index (χ4v) is 3.56. The number of hydrazine groups is 1. The average Bonchev–Trinajstić information content (AvgIpc) is 3.10. The van der Waals surface area contributed by atoms with E-state index in [1.54, 1.807) is 11.3 Å². The number of fused-ring (bicyclic) bond motifs is 1. The number of anilines is 2. The van der Waals surface area contributed by atoms with Gasteiger partial charge < -0.3 is 10.1 Å². The Morgan fingerprint density at radius 3 is 3.00 bits per heavy atom. The van der Waals surface area contributed by atoms with Crippen LogP contribution in [-0.2, 0) is 11.2 Å². The highest BCUT2D eigenvalue weighted by Gasteiger charge is 2.29. The van der Waals surface area contributed by atoms with E-state index in [9.17, 15) is 0 Å². The molecule has 6 nitrogen and oxygen atoms in total. The van der Waals surface area contributed by atoms with Gasteiger partial charge in [-0.15, -0.1) is 11.3 Å². The molecule has 3 rings (SSSR count). The van der Waals surface area contributed by atoms with Crippen LogP contribution in [0.1, 0.15) is 31.6 Å². The minimum absolute atomic E-state index is 0.114. The summed E-state index contributed by atoms with van der Waals surface area (Å²) in [6.07, 6.45) is 3.18. The smallest absolute Gasteiger partial charge is 0.240 e. The normalized spacial score (nSPS) is 21.9. The minimum atomic E-state index is -0.114. The van der Waals surface area contributed by atoms with Gasteiger partial charge in [-0.05, 0) is 32.3 Å². The van der Waals surface area contributed by atoms with Gasteiger partial charge in [0.05, 0.1) is 11.0 Å². The quantitative estimate of drug-likeness (QED) is 0.581. The van der Waals surface area contributed by atoms with E-state index in [2.05, 4.69) is 40.6 Å². The van der Waals surface area contributed by atoms with Gasteiger partial charge in [-0.25, -0.2) is 10.8 Å². The lowest BCUT2D eigenvalue weighted by molar-refractivity contribution is 0.0315. The molecule has 1 atom stereocenters. The molecule has 2 aromatic heterocycles. The van der Waals surface area contributed by atoms with Crippen molar-refractivity contribution in [3.63, 3.8) is 0 Å². The van der Waals surface area contributed by atoms with Crippen LogP contribution in [0.15, 0.2) is 6.07 Å². The molecule has 1 saturated heterocycles. The van der Waals surface area contributed by atoms with E-state index in [0.29, 0.717) is 5.95 Å². The number of aryl methyl sites for hydroxylation is 1. The zero-order valence-electron chi connectivity index (χ0n) is 12.4. The molecule has 1 fully saturated rings. The van der Waals surface area contributed by atoms with Crippen molar-refractivity contribution in [3.05, 3.63) is 10.9 Å². The van der Waals surface area contributed by atoms with E-state index in [1.807, 2.05) is 0 Å². The van der Waals surface area contributed by atoms with E-state index in [1.165, 1.54) is 4.88 Å². The molecule has 0 aromatic carbocycles. The molecule has 21 heavy (non-hydrogen) atoms. The number of nitrogens with zero attached hydrogens (tertiary/aromatic N) is 2. The number of hydrogen-bond acceptors (Lipinski definition) is 7. The topological polar surface area (TPSA) is 85.1 Å². The van der Waals surface area contributed by atoms with E-state index >= 15 is 0 Å². The maximum absolute atomic E-state index is 5.81. The number of aromatic nitrogens is 2. The van der Waals surface area contributed by atoms with Crippen LogP contribution in [0, 0.1) is 0 Å². The summed E-state index contributed by atoms with van der Waals surface area (Å²) in [5.41, 5.74) is 2.42. The van der Waals surface area contributed by atoms with Crippen LogP contribution in [0.4, 0.5) is 11.8 Å². The maximum Gasteiger partial charge on any atom is 0.240 e. The van der Waals surface area contributed by atoms with Crippen LogP contribution in [-0.4, -0.2) is 28.7 Å². The summed E-state index contributed by atoms with van der Waals surface area (Å²) in [6, 6.07) is 2.15. The first-order valence-corrected chi connectivity index (χ1v) is 8.10. The Hall–Kier alpha value is -1.44. The van der Waals surface area contributed by atoms with Crippen molar-refractivity contribution in [1.82, 2.24) is 9.97 Å². The molecule has 3 heterocycles. The molecular formula is C14H21N5OS. The Morgan fingerprint density at radius 2 is 2.33 bits per heavy atom. The predicted octanol–water partition coefficient (Wildman–Crippen LogP) is 2.52. The second kappa shape index (κ2) is 5.75. The number of nitrogens with one attached hydrogen (secondary N) is 2. The molecule has 0 saturated carbocycles. The Labute approximate surface area is 128 Å². The molecule has 2 aromatic rings. The molecule has 0 bridgehead atoms. The summed E-state index contributed by atoms with van der Waals surface area (Å²) in [5.74, 6) is 6.73. The van der Waals surface area contributed by atoms with Crippen LogP contribution in [0.3, 0.4) is 0 Å². The maximum atomic E-state index is 5.81. The first-order chi connectivity index (χ1) is 10.1. The lowest BCUT2D eigenvalue weighted by Crippen LogP contribution is -2.32. The number of hydrogen-bond donors (Lipinski definition) is 3. The summed E-state index contributed by atoms with van der Waals surface area (Å²) in [4.78, 5) is 11.1. The third-order valence-corrected chi connectivity index (χ3v) is 5.02. The minimum Gasteiger partial charge on any atom is -0.373 e. The van der Waals surface area contributed by atoms with Gasteiger partial charge in [0.15, 0.2) is 0 Å². The van der Waals surface area contributed by atoms with Crippen LogP contribution in [0.25, 0.3) is 10.2 Å². The van der Waals surface area contributed by atoms with Gasteiger partial charge in [-0.1, -0.05) is 6.92 Å². The lowest BCUT2D eigenvalue weighted by atomic mass is 10.0. The molecule has 1 unspecified atom stereocenters. The zero-order valence-corrected chi connectivity index (χ0v) is 13.2. The molecule has 0 amide bonds. The molecule has 7 heteroatoms. The zero-order chi connectivity index (χ0) is 14.9. The van der Waals surface area contributed by atoms with Crippen molar-refractivity contribution in [2.45, 2.75) is 38.7 Å². The van der Waals surface area contributed by atoms with Gasteiger partial charge >= 0.3 is 0 Å². The van der Waals surface area contributed by atoms with E-state index in [0.717, 1.165) is 48.4 Å². The van der Waals surface area contributed by atoms with Gasteiger partial charge in [0.1, 0.15) is 10.6 Å².